The van der Waals surface area contributed by atoms with E-state index in [0.717, 1.165) is 0 Å². The van der Waals surface area contributed by atoms with E-state index in [1.165, 1.54) is 24.7 Å². The van der Waals surface area contributed by atoms with Gasteiger partial charge in [-0.1, -0.05) is 25.5 Å². The van der Waals surface area contributed by atoms with Crippen LogP contribution in [0.4, 0.5) is 5.69 Å². The molecule has 0 aliphatic heterocycles. The van der Waals surface area contributed by atoms with E-state index in [-0.39, 0.29) is 29.1 Å². The van der Waals surface area contributed by atoms with Crippen molar-refractivity contribution in [2.24, 2.45) is 17.3 Å². The molecule has 0 aromatic heterocycles. The summed E-state index contributed by atoms with van der Waals surface area (Å²) >= 11 is 0. The number of amides is 2. The molecule has 0 spiro atoms. The molecule has 1 fully saturated rings. The first-order valence-corrected chi connectivity index (χ1v) is 8.98. The van der Waals surface area contributed by atoms with Gasteiger partial charge in [-0.15, -0.1) is 0 Å². The Kier molecular flexibility index (Phi) is 5.88. The number of ether oxygens (including phenoxy) is 2. The van der Waals surface area contributed by atoms with Crippen LogP contribution < -0.4 is 14.8 Å². The van der Waals surface area contributed by atoms with E-state index in [1.807, 2.05) is 13.8 Å². The molecule has 1 aromatic carbocycles. The van der Waals surface area contributed by atoms with Gasteiger partial charge in [-0.05, 0) is 31.2 Å². The summed E-state index contributed by atoms with van der Waals surface area (Å²) in [5, 5.41) is 2.94. The van der Waals surface area contributed by atoms with Crippen LogP contribution in [0, 0.1) is 17.3 Å². The maximum atomic E-state index is 12.9. The number of benzene rings is 1. The second-order valence-corrected chi connectivity index (χ2v) is 8.01. The van der Waals surface area contributed by atoms with Crippen molar-refractivity contribution in [3.8, 4) is 11.5 Å². The standard InChI is InChI=1S/C21H30N2O4/c1-12(2)9-14-18(21(14,3)4)19(24)22-15-11-17(27-8)16(26-7)10-13(15)20(25)23(5)6/h9-11,14,18H,1-8H3,(H,22,24)/t14-,18-/m0/s1. The molecule has 148 valence electrons. The summed E-state index contributed by atoms with van der Waals surface area (Å²) in [4.78, 5) is 27.0. The fourth-order valence-electron chi connectivity index (χ4n) is 3.46. The van der Waals surface area contributed by atoms with Gasteiger partial charge in [0.1, 0.15) is 0 Å². The maximum Gasteiger partial charge on any atom is 0.255 e. The maximum absolute atomic E-state index is 12.9. The molecule has 6 heteroatoms. The summed E-state index contributed by atoms with van der Waals surface area (Å²) in [5.41, 5.74) is 1.88. The largest absolute Gasteiger partial charge is 0.493 e. The van der Waals surface area contributed by atoms with E-state index in [4.69, 9.17) is 9.47 Å². The number of methoxy groups -OCH3 is 2. The van der Waals surface area contributed by atoms with Crippen LogP contribution in [0.3, 0.4) is 0 Å². The number of anilines is 1. The number of carbonyl (C=O) groups is 2. The van der Waals surface area contributed by atoms with Crippen LogP contribution in [0.5, 0.6) is 11.5 Å². The molecule has 0 radical (unpaired) electrons. The third kappa shape index (κ3) is 4.10. The van der Waals surface area contributed by atoms with Gasteiger partial charge in [-0.3, -0.25) is 9.59 Å². The lowest BCUT2D eigenvalue weighted by Gasteiger charge is -2.18. The van der Waals surface area contributed by atoms with Crippen LogP contribution in [0.1, 0.15) is 38.1 Å². The topological polar surface area (TPSA) is 67.9 Å². The Labute approximate surface area is 161 Å². The number of allylic oxidation sites excluding steroid dienone is 2. The normalized spacial score (nSPS) is 19.7. The number of nitrogens with zero attached hydrogens (tertiary/aromatic N) is 1. The fourth-order valence-corrected chi connectivity index (χ4v) is 3.46. The van der Waals surface area contributed by atoms with Crippen molar-refractivity contribution in [3.05, 3.63) is 29.3 Å². The summed E-state index contributed by atoms with van der Waals surface area (Å²) < 4.78 is 10.6. The lowest BCUT2D eigenvalue weighted by atomic mass is 10.1. The first kappa shape index (κ1) is 20.8. The van der Waals surface area contributed by atoms with Gasteiger partial charge in [-0.25, -0.2) is 0 Å². The van der Waals surface area contributed by atoms with Gasteiger partial charge in [-0.2, -0.15) is 0 Å². The molecule has 27 heavy (non-hydrogen) atoms. The van der Waals surface area contributed by atoms with Crippen molar-refractivity contribution in [1.29, 1.82) is 0 Å². The van der Waals surface area contributed by atoms with Crippen LogP contribution in [-0.2, 0) is 4.79 Å². The summed E-state index contributed by atoms with van der Waals surface area (Å²) in [5.74, 6) is 0.636. The van der Waals surface area contributed by atoms with E-state index >= 15 is 0 Å². The minimum atomic E-state index is -0.220. The lowest BCUT2D eigenvalue weighted by molar-refractivity contribution is -0.118. The molecular formula is C21H30N2O4. The average molecular weight is 374 g/mol. The van der Waals surface area contributed by atoms with Crippen LogP contribution >= 0.6 is 0 Å². The molecule has 2 rings (SSSR count). The molecule has 1 saturated carbocycles. The Hall–Kier alpha value is -2.50. The predicted molar refractivity (Wildman–Crippen MR) is 106 cm³/mol. The second kappa shape index (κ2) is 7.62. The Bertz CT molecular complexity index is 777. The lowest BCUT2D eigenvalue weighted by Crippen LogP contribution is -2.25. The first-order valence-electron chi connectivity index (χ1n) is 8.98. The van der Waals surface area contributed by atoms with Crippen molar-refractivity contribution in [1.82, 2.24) is 4.90 Å². The van der Waals surface area contributed by atoms with Crippen molar-refractivity contribution in [2.75, 3.05) is 33.6 Å². The highest BCUT2D eigenvalue weighted by Crippen LogP contribution is 2.59. The Morgan fingerprint density at radius 3 is 2.15 bits per heavy atom. The van der Waals surface area contributed by atoms with Crippen LogP contribution in [0.15, 0.2) is 23.8 Å². The van der Waals surface area contributed by atoms with Crippen molar-refractivity contribution >= 4 is 17.5 Å². The number of rotatable bonds is 6. The van der Waals surface area contributed by atoms with Crippen molar-refractivity contribution in [3.63, 3.8) is 0 Å². The molecule has 0 heterocycles. The third-order valence-electron chi connectivity index (χ3n) is 5.12. The Morgan fingerprint density at radius 1 is 1.11 bits per heavy atom. The third-order valence-corrected chi connectivity index (χ3v) is 5.12. The highest BCUT2D eigenvalue weighted by molar-refractivity contribution is 6.05. The smallest absolute Gasteiger partial charge is 0.255 e. The molecule has 0 unspecified atom stereocenters. The van der Waals surface area contributed by atoms with Crippen LogP contribution in [0.25, 0.3) is 0 Å². The molecule has 6 nitrogen and oxygen atoms in total. The molecule has 2 atom stereocenters. The minimum Gasteiger partial charge on any atom is -0.493 e. The monoisotopic (exact) mass is 374 g/mol. The highest BCUT2D eigenvalue weighted by atomic mass is 16.5. The Balaban J connectivity index is 2.38. The molecule has 0 bridgehead atoms. The fraction of sp³-hybridized carbons (Fsp3) is 0.524. The Morgan fingerprint density at radius 2 is 1.67 bits per heavy atom. The van der Waals surface area contributed by atoms with Crippen LogP contribution in [0.2, 0.25) is 0 Å². The molecular weight excluding hydrogens is 344 g/mol. The highest BCUT2D eigenvalue weighted by Gasteiger charge is 2.60. The molecule has 0 saturated heterocycles. The molecule has 1 aliphatic rings. The van der Waals surface area contributed by atoms with Crippen molar-refractivity contribution in [2.45, 2.75) is 27.7 Å². The van der Waals surface area contributed by atoms with Crippen molar-refractivity contribution < 1.29 is 19.1 Å². The van der Waals surface area contributed by atoms with E-state index < -0.39 is 0 Å². The van der Waals surface area contributed by atoms with E-state index in [2.05, 4.69) is 25.2 Å². The average Bonchev–Trinajstić information content (AvgIpc) is 3.12. The summed E-state index contributed by atoms with van der Waals surface area (Å²) in [6, 6.07) is 3.24. The zero-order valence-electron chi connectivity index (χ0n) is 17.5. The molecule has 2 amide bonds. The van der Waals surface area contributed by atoms with Gasteiger partial charge >= 0.3 is 0 Å². The van der Waals surface area contributed by atoms with Gasteiger partial charge in [0, 0.05) is 20.2 Å². The number of hydrogen-bond acceptors (Lipinski definition) is 4. The van der Waals surface area contributed by atoms with E-state index in [9.17, 15) is 9.59 Å². The van der Waals surface area contributed by atoms with Gasteiger partial charge < -0.3 is 19.7 Å². The summed E-state index contributed by atoms with van der Waals surface area (Å²) in [6.07, 6.45) is 2.14. The van der Waals surface area contributed by atoms with Crippen LogP contribution in [-0.4, -0.2) is 45.0 Å². The predicted octanol–water partition coefficient (Wildman–Crippen LogP) is 3.58. The first-order chi connectivity index (χ1) is 12.5. The van der Waals surface area contributed by atoms with Gasteiger partial charge in [0.15, 0.2) is 11.5 Å². The van der Waals surface area contributed by atoms with Gasteiger partial charge in [0.2, 0.25) is 5.91 Å². The summed E-state index contributed by atoms with van der Waals surface area (Å²) in [6.45, 7) is 8.24. The number of carbonyl (C=O) groups excluding carboxylic acids is 2. The van der Waals surface area contributed by atoms with Gasteiger partial charge in [0.05, 0.1) is 31.4 Å². The minimum absolute atomic E-state index is 0.0949. The van der Waals surface area contributed by atoms with E-state index in [0.29, 0.717) is 22.7 Å². The zero-order chi connectivity index (χ0) is 20.5. The number of nitrogens with one attached hydrogen (secondary N) is 1. The molecule has 1 aromatic rings. The number of hydrogen-bond donors (Lipinski definition) is 1. The zero-order valence-corrected chi connectivity index (χ0v) is 17.5. The van der Waals surface area contributed by atoms with Gasteiger partial charge in [0.25, 0.3) is 5.91 Å². The molecule has 1 N–H and O–H groups in total. The van der Waals surface area contributed by atoms with E-state index in [1.54, 1.807) is 26.2 Å². The quantitative estimate of drug-likeness (QED) is 0.773. The molecule has 1 aliphatic carbocycles. The summed E-state index contributed by atoms with van der Waals surface area (Å²) in [7, 11) is 6.36. The second-order valence-electron chi connectivity index (χ2n) is 8.01. The SMILES string of the molecule is COc1cc(NC(=O)[C@@H]2[C@H](C=C(C)C)C2(C)C)c(C(=O)N(C)C)cc1OC.